The molecular weight excluding hydrogens is 278 g/mol. The predicted octanol–water partition coefficient (Wildman–Crippen LogP) is 4.53. The SMILES string of the molecule is Cc1nc(C(C)Nc2ccc(N3CCCC3)cc2C)cs1. The monoisotopic (exact) mass is 301 g/mol. The summed E-state index contributed by atoms with van der Waals surface area (Å²) in [5.41, 5.74) is 4.99. The van der Waals surface area contributed by atoms with Gasteiger partial charge in [-0.3, -0.25) is 0 Å². The van der Waals surface area contributed by atoms with Crippen LogP contribution >= 0.6 is 11.3 Å². The van der Waals surface area contributed by atoms with Crippen molar-refractivity contribution in [1.82, 2.24) is 4.98 Å². The molecule has 1 N–H and O–H groups in total. The first-order chi connectivity index (χ1) is 10.1. The Balaban J connectivity index is 1.73. The van der Waals surface area contributed by atoms with Crippen LogP contribution in [0.5, 0.6) is 0 Å². The summed E-state index contributed by atoms with van der Waals surface area (Å²) in [7, 11) is 0. The van der Waals surface area contributed by atoms with E-state index in [4.69, 9.17) is 0 Å². The van der Waals surface area contributed by atoms with Crippen LogP contribution in [0.2, 0.25) is 0 Å². The Hall–Kier alpha value is -1.55. The molecule has 1 unspecified atom stereocenters. The average molecular weight is 301 g/mol. The molecule has 1 aromatic carbocycles. The van der Waals surface area contributed by atoms with E-state index in [9.17, 15) is 0 Å². The number of nitrogens with zero attached hydrogens (tertiary/aromatic N) is 2. The maximum absolute atomic E-state index is 4.56. The Morgan fingerprint density at radius 2 is 2.00 bits per heavy atom. The molecule has 0 aliphatic carbocycles. The van der Waals surface area contributed by atoms with Gasteiger partial charge in [0.25, 0.3) is 0 Å². The summed E-state index contributed by atoms with van der Waals surface area (Å²) in [6.45, 7) is 8.79. The Morgan fingerprint density at radius 3 is 2.62 bits per heavy atom. The molecular formula is C17H23N3S. The fourth-order valence-corrected chi connectivity index (χ4v) is 3.57. The van der Waals surface area contributed by atoms with Gasteiger partial charge in [-0.05, 0) is 57.4 Å². The second-order valence-electron chi connectivity index (χ2n) is 5.85. The fourth-order valence-electron chi connectivity index (χ4n) is 2.87. The zero-order valence-electron chi connectivity index (χ0n) is 13.0. The topological polar surface area (TPSA) is 28.2 Å². The van der Waals surface area contributed by atoms with Crippen molar-refractivity contribution in [2.75, 3.05) is 23.3 Å². The number of nitrogens with one attached hydrogen (secondary N) is 1. The zero-order valence-corrected chi connectivity index (χ0v) is 13.8. The highest BCUT2D eigenvalue weighted by molar-refractivity contribution is 7.09. The number of hydrogen-bond acceptors (Lipinski definition) is 4. The van der Waals surface area contributed by atoms with E-state index >= 15 is 0 Å². The van der Waals surface area contributed by atoms with Crippen LogP contribution in [0.25, 0.3) is 0 Å². The van der Waals surface area contributed by atoms with Gasteiger partial charge in [-0.1, -0.05) is 0 Å². The van der Waals surface area contributed by atoms with Crippen molar-refractivity contribution in [3.05, 3.63) is 39.8 Å². The average Bonchev–Trinajstić information content (AvgIpc) is 3.12. The molecule has 112 valence electrons. The zero-order chi connectivity index (χ0) is 14.8. The van der Waals surface area contributed by atoms with E-state index in [2.05, 4.69) is 59.6 Å². The molecule has 1 fully saturated rings. The molecule has 4 heteroatoms. The first kappa shape index (κ1) is 14.4. The second-order valence-corrected chi connectivity index (χ2v) is 6.91. The number of thiazole rings is 1. The van der Waals surface area contributed by atoms with Crippen molar-refractivity contribution in [3.8, 4) is 0 Å². The van der Waals surface area contributed by atoms with Crippen molar-refractivity contribution >= 4 is 22.7 Å². The third-order valence-electron chi connectivity index (χ3n) is 4.13. The van der Waals surface area contributed by atoms with Crippen LogP contribution in [-0.4, -0.2) is 18.1 Å². The number of rotatable bonds is 4. The third kappa shape index (κ3) is 3.21. The molecule has 1 aliphatic rings. The Morgan fingerprint density at radius 1 is 1.24 bits per heavy atom. The van der Waals surface area contributed by atoms with Crippen LogP contribution < -0.4 is 10.2 Å². The smallest absolute Gasteiger partial charge is 0.0898 e. The van der Waals surface area contributed by atoms with Crippen molar-refractivity contribution < 1.29 is 0 Å². The quantitative estimate of drug-likeness (QED) is 0.899. The maximum Gasteiger partial charge on any atom is 0.0898 e. The van der Waals surface area contributed by atoms with E-state index in [-0.39, 0.29) is 6.04 Å². The largest absolute Gasteiger partial charge is 0.377 e. The number of benzene rings is 1. The Kier molecular flexibility index (Phi) is 4.15. The van der Waals surface area contributed by atoms with Gasteiger partial charge in [-0.15, -0.1) is 11.3 Å². The van der Waals surface area contributed by atoms with Gasteiger partial charge in [0, 0.05) is 29.8 Å². The number of aryl methyl sites for hydroxylation is 2. The van der Waals surface area contributed by atoms with Gasteiger partial charge in [0.05, 0.1) is 16.7 Å². The minimum absolute atomic E-state index is 0.242. The van der Waals surface area contributed by atoms with Gasteiger partial charge in [0.1, 0.15) is 0 Å². The van der Waals surface area contributed by atoms with Crippen LogP contribution in [-0.2, 0) is 0 Å². The van der Waals surface area contributed by atoms with Gasteiger partial charge in [-0.2, -0.15) is 0 Å². The summed E-state index contributed by atoms with van der Waals surface area (Å²) >= 11 is 1.71. The summed E-state index contributed by atoms with van der Waals surface area (Å²) in [5.74, 6) is 0. The molecule has 1 aliphatic heterocycles. The Bertz CT molecular complexity index is 614. The molecule has 0 amide bonds. The molecule has 0 saturated carbocycles. The van der Waals surface area contributed by atoms with Crippen molar-refractivity contribution in [3.63, 3.8) is 0 Å². The normalized spacial score (nSPS) is 16.2. The molecule has 3 nitrogen and oxygen atoms in total. The molecule has 1 atom stereocenters. The lowest BCUT2D eigenvalue weighted by Gasteiger charge is -2.21. The van der Waals surface area contributed by atoms with Crippen molar-refractivity contribution in [2.24, 2.45) is 0 Å². The van der Waals surface area contributed by atoms with Crippen molar-refractivity contribution in [1.29, 1.82) is 0 Å². The number of anilines is 2. The van der Waals surface area contributed by atoms with Crippen LogP contribution in [0.1, 0.15) is 42.1 Å². The van der Waals surface area contributed by atoms with Crippen LogP contribution in [0, 0.1) is 13.8 Å². The summed E-state index contributed by atoms with van der Waals surface area (Å²) in [6.07, 6.45) is 2.64. The minimum Gasteiger partial charge on any atom is -0.377 e. The molecule has 0 spiro atoms. The molecule has 2 aromatic rings. The van der Waals surface area contributed by atoms with Gasteiger partial charge >= 0.3 is 0 Å². The summed E-state index contributed by atoms with van der Waals surface area (Å²) in [6, 6.07) is 6.98. The lowest BCUT2D eigenvalue weighted by atomic mass is 10.1. The van der Waals surface area contributed by atoms with Gasteiger partial charge in [0.2, 0.25) is 0 Å². The van der Waals surface area contributed by atoms with E-state index in [0.717, 1.165) is 10.7 Å². The lowest BCUT2D eigenvalue weighted by molar-refractivity contribution is 0.843. The molecule has 3 rings (SSSR count). The van der Waals surface area contributed by atoms with Crippen LogP contribution in [0.15, 0.2) is 23.6 Å². The minimum atomic E-state index is 0.242. The lowest BCUT2D eigenvalue weighted by Crippen LogP contribution is -2.17. The van der Waals surface area contributed by atoms with Gasteiger partial charge in [0.15, 0.2) is 0 Å². The highest BCUT2D eigenvalue weighted by Crippen LogP contribution is 2.28. The summed E-state index contributed by atoms with van der Waals surface area (Å²) in [4.78, 5) is 7.04. The predicted molar refractivity (Wildman–Crippen MR) is 91.5 cm³/mol. The molecule has 21 heavy (non-hydrogen) atoms. The van der Waals surface area contributed by atoms with Crippen molar-refractivity contribution in [2.45, 2.75) is 39.7 Å². The standard InChI is InChI=1S/C17H23N3S/c1-12-10-15(20-8-4-5-9-20)6-7-16(12)18-13(2)17-11-21-14(3)19-17/h6-7,10-11,13,18H,4-5,8-9H2,1-3H3. The van der Waals surface area contributed by atoms with Gasteiger partial charge in [-0.25, -0.2) is 4.98 Å². The second kappa shape index (κ2) is 6.06. The van der Waals surface area contributed by atoms with Crippen LogP contribution in [0.3, 0.4) is 0 Å². The highest BCUT2D eigenvalue weighted by Gasteiger charge is 2.14. The molecule has 0 bridgehead atoms. The van der Waals surface area contributed by atoms with Crippen LogP contribution in [0.4, 0.5) is 11.4 Å². The first-order valence-corrected chi connectivity index (χ1v) is 8.55. The van der Waals surface area contributed by atoms with E-state index < -0.39 is 0 Å². The molecule has 0 radical (unpaired) electrons. The Labute approximate surface area is 131 Å². The number of aromatic nitrogens is 1. The first-order valence-electron chi connectivity index (χ1n) is 7.67. The molecule has 1 saturated heterocycles. The highest BCUT2D eigenvalue weighted by atomic mass is 32.1. The molecule has 2 heterocycles. The summed E-state index contributed by atoms with van der Waals surface area (Å²) < 4.78 is 0. The maximum atomic E-state index is 4.56. The third-order valence-corrected chi connectivity index (χ3v) is 4.93. The van der Waals surface area contributed by atoms with Gasteiger partial charge < -0.3 is 10.2 Å². The van der Waals surface area contributed by atoms with E-state index in [1.165, 1.54) is 42.9 Å². The summed E-state index contributed by atoms with van der Waals surface area (Å²) in [5, 5.41) is 6.85. The van der Waals surface area contributed by atoms with E-state index in [1.807, 2.05) is 0 Å². The van der Waals surface area contributed by atoms with E-state index in [1.54, 1.807) is 11.3 Å². The molecule has 1 aromatic heterocycles. The fraction of sp³-hybridized carbons (Fsp3) is 0.471. The number of hydrogen-bond donors (Lipinski definition) is 1. The van der Waals surface area contributed by atoms with E-state index in [0.29, 0.717) is 0 Å².